The molecule has 1 aromatic carbocycles. The van der Waals surface area contributed by atoms with Gasteiger partial charge in [0, 0.05) is 19.9 Å². The van der Waals surface area contributed by atoms with Crippen LogP contribution in [0.25, 0.3) is 0 Å². The number of nitrogens with one attached hydrogen (secondary N) is 1. The van der Waals surface area contributed by atoms with Gasteiger partial charge in [-0.25, -0.2) is 4.98 Å². The highest BCUT2D eigenvalue weighted by molar-refractivity contribution is 5.34. The highest BCUT2D eigenvalue weighted by Gasteiger charge is 2.11. The van der Waals surface area contributed by atoms with E-state index in [9.17, 15) is 0 Å². The summed E-state index contributed by atoms with van der Waals surface area (Å²) in [5.41, 5.74) is 2.15. The fraction of sp³-hybridized carbons (Fsp3) is 0.438. The Morgan fingerprint density at radius 2 is 2.14 bits per heavy atom. The third-order valence-electron chi connectivity index (χ3n) is 3.32. The Bertz CT molecular complexity index is 581. The summed E-state index contributed by atoms with van der Waals surface area (Å²) in [6, 6.07) is 8.25. The van der Waals surface area contributed by atoms with E-state index < -0.39 is 0 Å². The number of aryl methyl sites for hydroxylation is 1. The van der Waals surface area contributed by atoms with Crippen LogP contribution in [-0.2, 0) is 11.3 Å². The molecule has 0 amide bonds. The van der Waals surface area contributed by atoms with Crippen LogP contribution in [0.15, 0.2) is 30.5 Å². The molecule has 21 heavy (non-hydrogen) atoms. The molecular weight excluding hydrogens is 266 g/mol. The topological polar surface area (TPSA) is 48.3 Å². The van der Waals surface area contributed by atoms with Crippen LogP contribution in [0.3, 0.4) is 0 Å². The maximum atomic E-state index is 5.24. The number of nitrogens with zero attached hydrogens (tertiary/aromatic N) is 2. The molecule has 1 heterocycles. The van der Waals surface area contributed by atoms with E-state index in [-0.39, 0.29) is 6.04 Å². The van der Waals surface area contributed by atoms with Crippen molar-refractivity contribution < 1.29 is 9.47 Å². The van der Waals surface area contributed by atoms with Crippen molar-refractivity contribution in [2.75, 3.05) is 26.1 Å². The van der Waals surface area contributed by atoms with E-state index >= 15 is 0 Å². The third kappa shape index (κ3) is 3.98. The standard InChI is InChI=1S/C16H23N3O2/c1-12-10-19(13(2)11-20-3)16(18-12)17-9-14-6-5-7-15(8-14)21-4/h5-8,10,13H,9,11H2,1-4H3,(H,17,18). The number of imidazole rings is 1. The van der Waals surface area contributed by atoms with Crippen molar-refractivity contribution in [1.29, 1.82) is 0 Å². The second-order valence-corrected chi connectivity index (χ2v) is 5.12. The lowest BCUT2D eigenvalue weighted by atomic mass is 10.2. The largest absolute Gasteiger partial charge is 0.497 e. The second kappa shape index (κ2) is 7.13. The molecule has 0 bridgehead atoms. The number of aromatic nitrogens is 2. The molecule has 0 radical (unpaired) electrons. The van der Waals surface area contributed by atoms with Crippen molar-refractivity contribution in [2.24, 2.45) is 0 Å². The Kier molecular flexibility index (Phi) is 5.22. The Hall–Kier alpha value is -2.01. The van der Waals surface area contributed by atoms with E-state index in [1.165, 1.54) is 0 Å². The fourth-order valence-electron chi connectivity index (χ4n) is 2.27. The first-order chi connectivity index (χ1) is 10.1. The van der Waals surface area contributed by atoms with Gasteiger partial charge in [-0.15, -0.1) is 0 Å². The molecule has 1 N–H and O–H groups in total. The lowest BCUT2D eigenvalue weighted by molar-refractivity contribution is 0.163. The molecule has 5 nitrogen and oxygen atoms in total. The molecule has 114 valence electrons. The quantitative estimate of drug-likeness (QED) is 0.851. The normalized spacial score (nSPS) is 12.2. The summed E-state index contributed by atoms with van der Waals surface area (Å²) in [5.74, 6) is 1.72. The van der Waals surface area contributed by atoms with E-state index in [0.29, 0.717) is 13.2 Å². The van der Waals surface area contributed by atoms with E-state index in [1.54, 1.807) is 14.2 Å². The number of benzene rings is 1. The first-order valence-electron chi connectivity index (χ1n) is 7.05. The molecular formula is C16H23N3O2. The first-order valence-corrected chi connectivity index (χ1v) is 7.05. The number of anilines is 1. The van der Waals surface area contributed by atoms with Gasteiger partial charge >= 0.3 is 0 Å². The predicted octanol–water partition coefficient (Wildman–Crippen LogP) is 3.02. The van der Waals surface area contributed by atoms with Gasteiger partial charge < -0.3 is 19.4 Å². The minimum absolute atomic E-state index is 0.240. The van der Waals surface area contributed by atoms with Gasteiger partial charge in [0.05, 0.1) is 25.5 Å². The second-order valence-electron chi connectivity index (χ2n) is 5.12. The molecule has 0 saturated carbocycles. The SMILES string of the molecule is COCC(C)n1cc(C)nc1NCc1cccc(OC)c1. The molecule has 1 atom stereocenters. The Morgan fingerprint density at radius 1 is 1.33 bits per heavy atom. The molecule has 5 heteroatoms. The van der Waals surface area contributed by atoms with Gasteiger partial charge in [0.25, 0.3) is 0 Å². The molecule has 2 rings (SSSR count). The first kappa shape index (κ1) is 15.4. The average molecular weight is 289 g/mol. The van der Waals surface area contributed by atoms with Crippen molar-refractivity contribution in [3.8, 4) is 5.75 Å². The van der Waals surface area contributed by atoms with Crippen LogP contribution < -0.4 is 10.1 Å². The summed E-state index contributed by atoms with van der Waals surface area (Å²) >= 11 is 0. The van der Waals surface area contributed by atoms with Gasteiger partial charge in [0.15, 0.2) is 0 Å². The third-order valence-corrected chi connectivity index (χ3v) is 3.32. The number of hydrogen-bond acceptors (Lipinski definition) is 4. The molecule has 0 aliphatic heterocycles. The Labute approximate surface area is 125 Å². The molecule has 0 aliphatic carbocycles. The van der Waals surface area contributed by atoms with Gasteiger partial charge in [-0.2, -0.15) is 0 Å². The van der Waals surface area contributed by atoms with Crippen LogP contribution in [0.1, 0.15) is 24.2 Å². The van der Waals surface area contributed by atoms with Crippen molar-refractivity contribution in [2.45, 2.75) is 26.4 Å². The minimum Gasteiger partial charge on any atom is -0.497 e. The van der Waals surface area contributed by atoms with Gasteiger partial charge in [-0.1, -0.05) is 12.1 Å². The lowest BCUT2D eigenvalue weighted by Crippen LogP contribution is -2.14. The molecule has 0 spiro atoms. The highest BCUT2D eigenvalue weighted by Crippen LogP contribution is 2.18. The zero-order valence-corrected chi connectivity index (χ0v) is 13.1. The van der Waals surface area contributed by atoms with Crippen LogP contribution in [0.5, 0.6) is 5.75 Å². The molecule has 0 aliphatic rings. The number of methoxy groups -OCH3 is 2. The summed E-state index contributed by atoms with van der Waals surface area (Å²) in [4.78, 5) is 4.54. The monoisotopic (exact) mass is 289 g/mol. The van der Waals surface area contributed by atoms with Gasteiger partial charge in [-0.3, -0.25) is 0 Å². The van der Waals surface area contributed by atoms with Crippen LogP contribution in [0, 0.1) is 6.92 Å². The zero-order chi connectivity index (χ0) is 15.2. The highest BCUT2D eigenvalue weighted by atomic mass is 16.5. The van der Waals surface area contributed by atoms with Crippen LogP contribution in [-0.4, -0.2) is 30.4 Å². The van der Waals surface area contributed by atoms with Crippen molar-refractivity contribution in [3.63, 3.8) is 0 Å². The minimum atomic E-state index is 0.240. The van der Waals surface area contributed by atoms with Crippen molar-refractivity contribution in [1.82, 2.24) is 9.55 Å². The summed E-state index contributed by atoms with van der Waals surface area (Å²) < 4.78 is 12.6. The van der Waals surface area contributed by atoms with Gasteiger partial charge in [-0.05, 0) is 31.5 Å². The molecule has 2 aromatic rings. The number of ether oxygens (including phenoxy) is 2. The van der Waals surface area contributed by atoms with E-state index in [1.807, 2.05) is 31.3 Å². The summed E-state index contributed by atoms with van der Waals surface area (Å²) in [7, 11) is 3.39. The number of hydrogen-bond donors (Lipinski definition) is 1. The Balaban J connectivity index is 2.08. The summed E-state index contributed by atoms with van der Waals surface area (Å²) in [5, 5.41) is 3.38. The molecule has 0 fully saturated rings. The lowest BCUT2D eigenvalue weighted by Gasteiger charge is -2.16. The van der Waals surface area contributed by atoms with Crippen molar-refractivity contribution >= 4 is 5.95 Å². The summed E-state index contributed by atoms with van der Waals surface area (Å²) in [6.07, 6.45) is 2.04. The smallest absolute Gasteiger partial charge is 0.203 e. The molecule has 0 saturated heterocycles. The summed E-state index contributed by atoms with van der Waals surface area (Å²) in [6.45, 7) is 5.46. The van der Waals surface area contributed by atoms with Crippen LogP contribution >= 0.6 is 0 Å². The van der Waals surface area contributed by atoms with Crippen molar-refractivity contribution in [3.05, 3.63) is 41.7 Å². The molecule has 1 aromatic heterocycles. The maximum Gasteiger partial charge on any atom is 0.203 e. The molecule has 1 unspecified atom stereocenters. The van der Waals surface area contributed by atoms with E-state index in [0.717, 1.165) is 23.0 Å². The van der Waals surface area contributed by atoms with Gasteiger partial charge in [0.2, 0.25) is 5.95 Å². The maximum absolute atomic E-state index is 5.24. The number of rotatable bonds is 7. The fourth-order valence-corrected chi connectivity index (χ4v) is 2.27. The van der Waals surface area contributed by atoms with E-state index in [4.69, 9.17) is 9.47 Å². The zero-order valence-electron chi connectivity index (χ0n) is 13.1. The van der Waals surface area contributed by atoms with Crippen LogP contribution in [0.4, 0.5) is 5.95 Å². The predicted molar refractivity (Wildman–Crippen MR) is 83.9 cm³/mol. The van der Waals surface area contributed by atoms with E-state index in [2.05, 4.69) is 27.9 Å². The Morgan fingerprint density at radius 3 is 2.86 bits per heavy atom. The van der Waals surface area contributed by atoms with Gasteiger partial charge in [0.1, 0.15) is 5.75 Å². The van der Waals surface area contributed by atoms with Crippen LogP contribution in [0.2, 0.25) is 0 Å². The average Bonchev–Trinajstić information content (AvgIpc) is 2.87.